The predicted molar refractivity (Wildman–Crippen MR) is 140 cm³/mol. The lowest BCUT2D eigenvalue weighted by molar-refractivity contribution is -0.132. The van der Waals surface area contributed by atoms with Crippen LogP contribution in [0.2, 0.25) is 0 Å². The largest absolute Gasteiger partial charge is 0.342 e. The predicted octanol–water partition coefficient (Wildman–Crippen LogP) is 2.22. The lowest BCUT2D eigenvalue weighted by Crippen LogP contribution is -2.44. The van der Waals surface area contributed by atoms with E-state index < -0.39 is 11.7 Å². The van der Waals surface area contributed by atoms with Gasteiger partial charge in [-0.3, -0.25) is 19.5 Å². The molecule has 0 radical (unpaired) electrons. The zero-order valence-corrected chi connectivity index (χ0v) is 21.6. The molecule has 10 nitrogen and oxygen atoms in total. The monoisotopic (exact) mass is 510 g/mol. The van der Waals surface area contributed by atoms with Crippen molar-refractivity contribution in [3.8, 4) is 0 Å². The second-order valence-corrected chi connectivity index (χ2v) is 9.83. The van der Waals surface area contributed by atoms with E-state index >= 15 is 4.39 Å². The Hall–Kier alpha value is -3.57. The third-order valence-corrected chi connectivity index (χ3v) is 7.08. The standard InChI is InChI=1S/C26H35FN8O2/c1-16(2)35(29)25(32-28)22-7-6-8-23(30-22)31-26(37)20-14-19-17(3)34(12-9-18(19)13-21(20)27)15-24(36)33-10-4-5-11-33/h6-8,13-14,16-17H,4-5,9-12,15,28-29H2,1-3H3,(H,30,31,37)/b32-25-. The number of hydrogen-bond donors (Lipinski definition) is 3. The van der Waals surface area contributed by atoms with Crippen molar-refractivity contribution in [1.82, 2.24) is 19.8 Å². The molecule has 0 bridgehead atoms. The van der Waals surface area contributed by atoms with Gasteiger partial charge in [0.05, 0.1) is 12.1 Å². The molecule has 4 rings (SSSR count). The van der Waals surface area contributed by atoms with Gasteiger partial charge in [0.25, 0.3) is 5.91 Å². The number of benzene rings is 1. The molecule has 37 heavy (non-hydrogen) atoms. The number of hydrazine groups is 1. The van der Waals surface area contributed by atoms with E-state index in [4.69, 9.17) is 11.7 Å². The average molecular weight is 511 g/mol. The van der Waals surface area contributed by atoms with Crippen molar-refractivity contribution >= 4 is 23.5 Å². The molecule has 2 aliphatic heterocycles. The minimum absolute atomic E-state index is 0.0825. The summed E-state index contributed by atoms with van der Waals surface area (Å²) in [6.07, 6.45) is 2.70. The Labute approximate surface area is 216 Å². The van der Waals surface area contributed by atoms with Crippen LogP contribution < -0.4 is 17.0 Å². The van der Waals surface area contributed by atoms with E-state index in [1.165, 1.54) is 11.1 Å². The van der Waals surface area contributed by atoms with Gasteiger partial charge >= 0.3 is 0 Å². The van der Waals surface area contributed by atoms with Crippen molar-refractivity contribution < 1.29 is 14.0 Å². The number of anilines is 1. The fourth-order valence-corrected chi connectivity index (χ4v) is 4.84. The minimum atomic E-state index is -0.623. The number of hydrogen-bond acceptors (Lipinski definition) is 7. The van der Waals surface area contributed by atoms with Crippen LogP contribution in [0.15, 0.2) is 35.4 Å². The number of amides is 2. The zero-order valence-electron chi connectivity index (χ0n) is 21.6. The van der Waals surface area contributed by atoms with E-state index in [-0.39, 0.29) is 35.2 Å². The highest BCUT2D eigenvalue weighted by molar-refractivity contribution is 6.04. The van der Waals surface area contributed by atoms with Gasteiger partial charge in [0.15, 0.2) is 5.84 Å². The molecular formula is C26H35FN8O2. The number of aromatic nitrogens is 1. The Morgan fingerprint density at radius 3 is 2.65 bits per heavy atom. The average Bonchev–Trinajstić information content (AvgIpc) is 3.41. The van der Waals surface area contributed by atoms with Crippen LogP contribution in [-0.2, 0) is 11.2 Å². The van der Waals surface area contributed by atoms with Crippen LogP contribution in [0.5, 0.6) is 0 Å². The number of rotatable bonds is 6. The van der Waals surface area contributed by atoms with E-state index in [9.17, 15) is 9.59 Å². The number of carbonyl (C=O) groups is 2. The molecule has 1 unspecified atom stereocenters. The second kappa shape index (κ2) is 11.2. The molecule has 1 aromatic heterocycles. The summed E-state index contributed by atoms with van der Waals surface area (Å²) in [5.74, 6) is 10.9. The normalized spacial score (nSPS) is 18.2. The fourth-order valence-electron chi connectivity index (χ4n) is 4.84. The smallest absolute Gasteiger partial charge is 0.259 e. The van der Waals surface area contributed by atoms with Gasteiger partial charge in [-0.15, -0.1) is 0 Å². The summed E-state index contributed by atoms with van der Waals surface area (Å²) in [5.41, 5.74) is 1.99. The van der Waals surface area contributed by atoms with Gasteiger partial charge in [0, 0.05) is 31.7 Å². The van der Waals surface area contributed by atoms with Crippen LogP contribution in [0, 0.1) is 5.82 Å². The Morgan fingerprint density at radius 1 is 1.24 bits per heavy atom. The first-order valence-corrected chi connectivity index (χ1v) is 12.6. The first-order chi connectivity index (χ1) is 17.7. The number of likely N-dealkylation sites (tertiary alicyclic amines) is 1. The number of fused-ring (bicyclic) bond motifs is 1. The first-order valence-electron chi connectivity index (χ1n) is 12.6. The van der Waals surface area contributed by atoms with Gasteiger partial charge in [-0.05, 0) is 75.4 Å². The van der Waals surface area contributed by atoms with E-state index in [0.717, 1.165) is 37.1 Å². The molecule has 11 heteroatoms. The number of nitrogens with zero attached hydrogens (tertiary/aromatic N) is 5. The zero-order chi connectivity index (χ0) is 26.7. The van der Waals surface area contributed by atoms with Crippen molar-refractivity contribution in [3.05, 3.63) is 58.5 Å². The molecule has 1 fully saturated rings. The summed E-state index contributed by atoms with van der Waals surface area (Å²) < 4.78 is 15.0. The molecule has 198 valence electrons. The summed E-state index contributed by atoms with van der Waals surface area (Å²) >= 11 is 0. The molecule has 1 saturated heterocycles. The van der Waals surface area contributed by atoms with Crippen molar-refractivity contribution in [2.45, 2.75) is 52.1 Å². The minimum Gasteiger partial charge on any atom is -0.342 e. The second-order valence-electron chi connectivity index (χ2n) is 9.83. The summed E-state index contributed by atoms with van der Waals surface area (Å²) in [6, 6.07) is 7.75. The highest BCUT2D eigenvalue weighted by Crippen LogP contribution is 2.31. The topological polar surface area (TPSA) is 133 Å². The van der Waals surface area contributed by atoms with Gasteiger partial charge in [-0.25, -0.2) is 15.2 Å². The molecule has 2 amide bonds. The van der Waals surface area contributed by atoms with Gasteiger partial charge < -0.3 is 16.1 Å². The van der Waals surface area contributed by atoms with E-state index in [1.807, 2.05) is 25.7 Å². The molecule has 0 spiro atoms. The molecular weight excluding hydrogens is 475 g/mol. The Morgan fingerprint density at radius 2 is 1.97 bits per heavy atom. The lowest BCUT2D eigenvalue weighted by atomic mass is 9.91. The molecule has 5 N–H and O–H groups in total. The fraction of sp³-hybridized carbons (Fsp3) is 0.462. The van der Waals surface area contributed by atoms with Crippen molar-refractivity contribution in [3.63, 3.8) is 0 Å². The van der Waals surface area contributed by atoms with Gasteiger partial charge in [0.2, 0.25) is 5.91 Å². The van der Waals surface area contributed by atoms with Gasteiger partial charge in [-0.2, -0.15) is 5.10 Å². The Bertz CT molecular complexity index is 1200. The Balaban J connectivity index is 1.52. The number of halogens is 1. The van der Waals surface area contributed by atoms with E-state index in [2.05, 4.69) is 20.3 Å². The van der Waals surface area contributed by atoms with E-state index in [0.29, 0.717) is 25.2 Å². The van der Waals surface area contributed by atoms with Gasteiger partial charge in [0.1, 0.15) is 17.3 Å². The first kappa shape index (κ1) is 26.5. The molecule has 1 aromatic carbocycles. The number of nitrogens with one attached hydrogen (secondary N) is 1. The third kappa shape index (κ3) is 5.72. The van der Waals surface area contributed by atoms with E-state index in [1.54, 1.807) is 24.3 Å². The summed E-state index contributed by atoms with van der Waals surface area (Å²) in [7, 11) is 0. The van der Waals surface area contributed by atoms with Crippen molar-refractivity contribution in [1.29, 1.82) is 0 Å². The Kier molecular flexibility index (Phi) is 8.03. The molecule has 2 aromatic rings. The summed E-state index contributed by atoms with van der Waals surface area (Å²) in [6.45, 7) is 8.33. The van der Waals surface area contributed by atoms with Crippen LogP contribution >= 0.6 is 0 Å². The highest BCUT2D eigenvalue weighted by atomic mass is 19.1. The molecule has 1 atom stereocenters. The maximum atomic E-state index is 15.0. The number of amidine groups is 1. The quantitative estimate of drug-likeness (QED) is 0.235. The maximum Gasteiger partial charge on any atom is 0.259 e. The number of nitrogens with two attached hydrogens (primary N) is 2. The number of pyridine rings is 1. The number of carbonyl (C=O) groups excluding carboxylic acids is 2. The summed E-state index contributed by atoms with van der Waals surface area (Å²) in [5, 5.41) is 7.77. The molecule has 0 saturated carbocycles. The molecule has 3 heterocycles. The van der Waals surface area contributed by atoms with Gasteiger partial charge in [-0.1, -0.05) is 6.07 Å². The van der Waals surface area contributed by atoms with Crippen molar-refractivity contribution in [2.24, 2.45) is 16.8 Å². The van der Waals surface area contributed by atoms with Crippen LogP contribution in [0.25, 0.3) is 0 Å². The third-order valence-electron chi connectivity index (χ3n) is 7.08. The molecule has 0 aliphatic carbocycles. The number of hydrazone groups is 1. The highest BCUT2D eigenvalue weighted by Gasteiger charge is 2.30. The molecule has 2 aliphatic rings. The van der Waals surface area contributed by atoms with Crippen LogP contribution in [0.1, 0.15) is 66.8 Å². The SMILES string of the molecule is CC1c2cc(C(=O)Nc3cccc(/C(=N/N)N(N)C(C)C)n3)c(F)cc2CCN1CC(=O)N1CCCC1. The van der Waals surface area contributed by atoms with Crippen LogP contribution in [0.3, 0.4) is 0 Å². The van der Waals surface area contributed by atoms with Crippen LogP contribution in [-0.4, -0.2) is 69.7 Å². The van der Waals surface area contributed by atoms with Crippen molar-refractivity contribution in [2.75, 3.05) is 31.5 Å². The van der Waals surface area contributed by atoms with Crippen LogP contribution in [0.4, 0.5) is 10.2 Å². The lowest BCUT2D eigenvalue weighted by Gasteiger charge is -2.36. The maximum absolute atomic E-state index is 15.0. The summed E-state index contributed by atoms with van der Waals surface area (Å²) in [4.78, 5) is 34.2.